The molecule has 2 aromatic carbocycles. The van der Waals surface area contributed by atoms with Crippen LogP contribution in [0.15, 0.2) is 54.6 Å². The minimum Gasteiger partial charge on any atom is -0.496 e. The number of amides is 1. The van der Waals surface area contributed by atoms with Gasteiger partial charge in [-0.25, -0.2) is 0 Å². The molecule has 1 fully saturated rings. The summed E-state index contributed by atoms with van der Waals surface area (Å²) in [7, 11) is 1.64. The van der Waals surface area contributed by atoms with E-state index in [0.29, 0.717) is 19.6 Å². The van der Waals surface area contributed by atoms with E-state index in [9.17, 15) is 4.79 Å². The molecule has 5 heteroatoms. The lowest BCUT2D eigenvalue weighted by Gasteiger charge is -2.33. The predicted molar refractivity (Wildman–Crippen MR) is 101 cm³/mol. The number of nitrogens with zero attached hydrogens (tertiary/aromatic N) is 1. The van der Waals surface area contributed by atoms with Crippen LogP contribution >= 0.6 is 0 Å². The third-order valence-corrected chi connectivity index (χ3v) is 4.65. The average Bonchev–Trinajstić information content (AvgIpc) is 2.71. The molecule has 1 saturated heterocycles. The van der Waals surface area contributed by atoms with Gasteiger partial charge in [0.25, 0.3) is 0 Å². The van der Waals surface area contributed by atoms with Gasteiger partial charge in [0.05, 0.1) is 19.8 Å². The quantitative estimate of drug-likeness (QED) is 0.831. The summed E-state index contributed by atoms with van der Waals surface area (Å²) in [4.78, 5) is 14.5. The largest absolute Gasteiger partial charge is 0.496 e. The van der Waals surface area contributed by atoms with Crippen LogP contribution in [0.1, 0.15) is 23.7 Å². The smallest absolute Gasteiger partial charge is 0.221 e. The SMILES string of the molecule is COc1ccccc1CNC(=O)CCN1CCOC(c2ccccc2)C1. The van der Waals surface area contributed by atoms with Crippen LogP contribution in [0.3, 0.4) is 0 Å². The standard InChI is InChI=1S/C21H26N2O3/c1-25-19-10-6-5-9-18(19)15-22-21(24)11-12-23-13-14-26-20(16-23)17-7-3-2-4-8-17/h2-10,20H,11-16H2,1H3,(H,22,24). The lowest BCUT2D eigenvalue weighted by molar-refractivity contribution is -0.122. The number of rotatable bonds is 7. The maximum Gasteiger partial charge on any atom is 0.221 e. The van der Waals surface area contributed by atoms with Gasteiger partial charge in [0.2, 0.25) is 5.91 Å². The van der Waals surface area contributed by atoms with Gasteiger partial charge in [0.1, 0.15) is 5.75 Å². The predicted octanol–water partition coefficient (Wildman–Crippen LogP) is 2.78. The van der Waals surface area contributed by atoms with Crippen LogP contribution < -0.4 is 10.1 Å². The van der Waals surface area contributed by atoms with Gasteiger partial charge in [-0.3, -0.25) is 9.69 Å². The molecule has 5 nitrogen and oxygen atoms in total. The minimum atomic E-state index is 0.0543. The van der Waals surface area contributed by atoms with Gasteiger partial charge in [-0.05, 0) is 11.6 Å². The summed E-state index contributed by atoms with van der Waals surface area (Å²) in [6.07, 6.45) is 0.568. The molecule has 0 spiro atoms. The lowest BCUT2D eigenvalue weighted by Crippen LogP contribution is -2.40. The van der Waals surface area contributed by atoms with Crippen molar-refractivity contribution in [3.05, 3.63) is 65.7 Å². The summed E-state index contributed by atoms with van der Waals surface area (Å²) in [6, 6.07) is 18.0. The second-order valence-corrected chi connectivity index (χ2v) is 6.41. The third-order valence-electron chi connectivity index (χ3n) is 4.65. The van der Waals surface area contributed by atoms with E-state index in [1.807, 2.05) is 42.5 Å². The van der Waals surface area contributed by atoms with E-state index in [-0.39, 0.29) is 12.0 Å². The number of hydrogen-bond donors (Lipinski definition) is 1. The van der Waals surface area contributed by atoms with Crippen LogP contribution in [0.2, 0.25) is 0 Å². The number of benzene rings is 2. The molecule has 1 aliphatic rings. The molecular formula is C21H26N2O3. The van der Waals surface area contributed by atoms with Gasteiger partial charge in [-0.2, -0.15) is 0 Å². The van der Waals surface area contributed by atoms with E-state index < -0.39 is 0 Å². The third kappa shape index (κ3) is 5.07. The molecule has 1 amide bonds. The van der Waals surface area contributed by atoms with E-state index >= 15 is 0 Å². The Labute approximate surface area is 154 Å². The second kappa shape index (κ2) is 9.36. The van der Waals surface area contributed by atoms with Crippen LogP contribution in [-0.4, -0.2) is 44.2 Å². The summed E-state index contributed by atoms with van der Waals surface area (Å²) in [5.74, 6) is 0.852. The van der Waals surface area contributed by atoms with Gasteiger partial charge in [0.15, 0.2) is 0 Å². The van der Waals surface area contributed by atoms with Crippen molar-refractivity contribution in [3.8, 4) is 5.75 Å². The zero-order chi connectivity index (χ0) is 18.2. The Bertz CT molecular complexity index is 705. The van der Waals surface area contributed by atoms with E-state index in [1.54, 1.807) is 7.11 Å². The topological polar surface area (TPSA) is 50.8 Å². The van der Waals surface area contributed by atoms with Gasteiger partial charge >= 0.3 is 0 Å². The highest BCUT2D eigenvalue weighted by Gasteiger charge is 2.22. The van der Waals surface area contributed by atoms with Crippen molar-refractivity contribution < 1.29 is 14.3 Å². The molecule has 26 heavy (non-hydrogen) atoms. The van der Waals surface area contributed by atoms with Gasteiger partial charge in [-0.1, -0.05) is 48.5 Å². The molecule has 0 bridgehead atoms. The number of carbonyl (C=O) groups excluding carboxylic acids is 1. The summed E-state index contributed by atoms with van der Waals surface area (Å²) in [5, 5.41) is 2.98. The van der Waals surface area contributed by atoms with Crippen LogP contribution in [0.4, 0.5) is 0 Å². The Kier molecular flexibility index (Phi) is 6.63. The zero-order valence-electron chi connectivity index (χ0n) is 15.2. The maximum absolute atomic E-state index is 12.2. The number of hydrogen-bond acceptors (Lipinski definition) is 4. The van der Waals surface area contributed by atoms with E-state index in [1.165, 1.54) is 5.56 Å². The molecule has 0 aliphatic carbocycles. The average molecular weight is 354 g/mol. The Hall–Kier alpha value is -2.37. The molecule has 0 saturated carbocycles. The molecule has 0 aromatic heterocycles. The van der Waals surface area contributed by atoms with Crippen molar-refractivity contribution >= 4 is 5.91 Å². The fraction of sp³-hybridized carbons (Fsp3) is 0.381. The van der Waals surface area contributed by atoms with Crippen molar-refractivity contribution in [2.75, 3.05) is 33.4 Å². The number of ether oxygens (including phenoxy) is 2. The summed E-state index contributed by atoms with van der Waals surface area (Å²) in [5.41, 5.74) is 2.18. The van der Waals surface area contributed by atoms with E-state index in [2.05, 4.69) is 22.3 Å². The minimum absolute atomic E-state index is 0.0543. The molecule has 1 aliphatic heterocycles. The van der Waals surface area contributed by atoms with Crippen LogP contribution in [0.5, 0.6) is 5.75 Å². The van der Waals surface area contributed by atoms with E-state index in [4.69, 9.17) is 9.47 Å². The molecule has 1 heterocycles. The zero-order valence-corrected chi connectivity index (χ0v) is 15.2. The molecular weight excluding hydrogens is 328 g/mol. The van der Waals surface area contributed by atoms with Crippen molar-refractivity contribution in [1.29, 1.82) is 0 Å². The van der Waals surface area contributed by atoms with Crippen molar-refractivity contribution in [1.82, 2.24) is 10.2 Å². The highest BCUT2D eigenvalue weighted by atomic mass is 16.5. The molecule has 1 unspecified atom stereocenters. The summed E-state index contributed by atoms with van der Waals surface area (Å²) >= 11 is 0. The number of nitrogens with one attached hydrogen (secondary N) is 1. The fourth-order valence-corrected chi connectivity index (χ4v) is 3.17. The molecule has 0 radical (unpaired) electrons. The van der Waals surface area contributed by atoms with Gasteiger partial charge in [0, 0.05) is 38.2 Å². The Balaban J connectivity index is 1.44. The number of para-hydroxylation sites is 1. The number of carbonyl (C=O) groups is 1. The van der Waals surface area contributed by atoms with Gasteiger partial charge < -0.3 is 14.8 Å². The Morgan fingerprint density at radius 1 is 1.19 bits per heavy atom. The monoisotopic (exact) mass is 354 g/mol. The van der Waals surface area contributed by atoms with Crippen LogP contribution in [0, 0.1) is 0 Å². The van der Waals surface area contributed by atoms with Crippen molar-refractivity contribution in [2.24, 2.45) is 0 Å². The normalized spacial score (nSPS) is 17.7. The summed E-state index contributed by atoms with van der Waals surface area (Å²) in [6.45, 7) is 3.61. The number of methoxy groups -OCH3 is 1. The molecule has 1 atom stereocenters. The first-order chi connectivity index (χ1) is 12.8. The highest BCUT2D eigenvalue weighted by Crippen LogP contribution is 2.22. The first-order valence-electron chi connectivity index (χ1n) is 9.04. The maximum atomic E-state index is 12.2. The molecule has 1 N–H and O–H groups in total. The Morgan fingerprint density at radius 2 is 1.96 bits per heavy atom. The van der Waals surface area contributed by atoms with Crippen LogP contribution in [-0.2, 0) is 16.1 Å². The van der Waals surface area contributed by atoms with Crippen molar-refractivity contribution in [3.63, 3.8) is 0 Å². The second-order valence-electron chi connectivity index (χ2n) is 6.41. The van der Waals surface area contributed by atoms with Gasteiger partial charge in [-0.15, -0.1) is 0 Å². The molecule has 3 rings (SSSR count). The summed E-state index contributed by atoms with van der Waals surface area (Å²) < 4.78 is 11.2. The van der Waals surface area contributed by atoms with E-state index in [0.717, 1.165) is 30.9 Å². The lowest BCUT2D eigenvalue weighted by atomic mass is 10.1. The van der Waals surface area contributed by atoms with Crippen LogP contribution in [0.25, 0.3) is 0 Å². The fourth-order valence-electron chi connectivity index (χ4n) is 3.17. The first kappa shape index (κ1) is 18.4. The molecule has 2 aromatic rings. The highest BCUT2D eigenvalue weighted by molar-refractivity contribution is 5.76. The number of morpholine rings is 1. The van der Waals surface area contributed by atoms with Crippen molar-refractivity contribution in [2.45, 2.75) is 19.1 Å². The first-order valence-corrected chi connectivity index (χ1v) is 9.04. The Morgan fingerprint density at radius 3 is 2.77 bits per heavy atom. The molecule has 138 valence electrons.